The van der Waals surface area contributed by atoms with Gasteiger partial charge in [0.1, 0.15) is 18.3 Å². The average molecular weight is 145 g/mol. The molecular weight excluding hydrogens is 134 g/mol. The normalized spacial score (nSPS) is 19.7. The third kappa shape index (κ3) is 1.75. The highest BCUT2D eigenvalue weighted by Gasteiger charge is 2.15. The van der Waals surface area contributed by atoms with Gasteiger partial charge in [-0.2, -0.15) is 5.01 Å². The fourth-order valence-electron chi connectivity index (χ4n) is 0.930. The van der Waals surface area contributed by atoms with Crippen LogP contribution in [0.4, 0.5) is 0 Å². The van der Waals surface area contributed by atoms with Crippen molar-refractivity contribution in [1.29, 1.82) is 0 Å². The molecule has 1 aliphatic rings. The second kappa shape index (κ2) is 3.24. The minimum atomic E-state index is 0.228. The van der Waals surface area contributed by atoms with Crippen molar-refractivity contribution >= 4 is 0 Å². The standard InChI is InChI=1S/C5H11N3O2/c1-10-8(9)6-7-4-2-3-5-7/h2-5H2,1H3/b8-6-. The summed E-state index contributed by atoms with van der Waals surface area (Å²) in [4.78, 5) is 4.28. The molecule has 0 atom stereocenters. The highest BCUT2D eigenvalue weighted by molar-refractivity contribution is 4.58. The van der Waals surface area contributed by atoms with Crippen LogP contribution in [-0.2, 0) is 4.84 Å². The first kappa shape index (κ1) is 7.11. The summed E-state index contributed by atoms with van der Waals surface area (Å²) < 4.78 is 0. The lowest BCUT2D eigenvalue weighted by Gasteiger charge is -2.03. The molecule has 0 aliphatic carbocycles. The molecule has 58 valence electrons. The van der Waals surface area contributed by atoms with E-state index in [-0.39, 0.29) is 5.02 Å². The van der Waals surface area contributed by atoms with Crippen molar-refractivity contribution in [3.05, 3.63) is 5.21 Å². The van der Waals surface area contributed by atoms with Crippen molar-refractivity contribution < 1.29 is 9.86 Å². The zero-order chi connectivity index (χ0) is 7.40. The van der Waals surface area contributed by atoms with E-state index in [0.29, 0.717) is 0 Å². The number of rotatable bonds is 2. The highest BCUT2D eigenvalue weighted by Crippen LogP contribution is 2.06. The lowest BCUT2D eigenvalue weighted by Crippen LogP contribution is -2.15. The fourth-order valence-corrected chi connectivity index (χ4v) is 0.930. The van der Waals surface area contributed by atoms with Gasteiger partial charge in [-0.25, -0.2) is 0 Å². The summed E-state index contributed by atoms with van der Waals surface area (Å²) in [7, 11) is 1.30. The second-order valence-corrected chi connectivity index (χ2v) is 2.17. The molecule has 10 heavy (non-hydrogen) atoms. The van der Waals surface area contributed by atoms with Gasteiger partial charge in [0.15, 0.2) is 0 Å². The Bertz CT molecular complexity index is 131. The van der Waals surface area contributed by atoms with Crippen LogP contribution in [0, 0.1) is 5.21 Å². The van der Waals surface area contributed by atoms with Crippen LogP contribution in [0.5, 0.6) is 0 Å². The minimum Gasteiger partial charge on any atom is -0.461 e. The molecule has 1 fully saturated rings. The van der Waals surface area contributed by atoms with Crippen molar-refractivity contribution in [2.45, 2.75) is 12.8 Å². The van der Waals surface area contributed by atoms with Crippen LogP contribution in [0.1, 0.15) is 12.8 Å². The predicted molar refractivity (Wildman–Crippen MR) is 33.9 cm³/mol. The van der Waals surface area contributed by atoms with Crippen LogP contribution in [-0.4, -0.2) is 30.2 Å². The summed E-state index contributed by atoms with van der Waals surface area (Å²) in [5.41, 5.74) is 0. The van der Waals surface area contributed by atoms with Gasteiger partial charge in [-0.3, -0.25) is 0 Å². The van der Waals surface area contributed by atoms with Gasteiger partial charge in [0.05, 0.1) is 5.02 Å². The molecule has 0 bridgehead atoms. The Morgan fingerprint density at radius 2 is 2.10 bits per heavy atom. The fraction of sp³-hybridized carbons (Fsp3) is 1.00. The van der Waals surface area contributed by atoms with E-state index in [0.717, 1.165) is 25.9 Å². The topological polar surface area (TPSA) is 50.9 Å². The minimum absolute atomic E-state index is 0.228. The molecular formula is C5H11N3O2. The van der Waals surface area contributed by atoms with E-state index in [2.05, 4.69) is 10.1 Å². The van der Waals surface area contributed by atoms with E-state index in [4.69, 9.17) is 0 Å². The van der Waals surface area contributed by atoms with E-state index < -0.39 is 0 Å². The second-order valence-electron chi connectivity index (χ2n) is 2.17. The Kier molecular flexibility index (Phi) is 2.30. The number of hydrogen-bond donors (Lipinski definition) is 0. The smallest absolute Gasteiger partial charge is 0.130 e. The molecule has 1 saturated heterocycles. The first-order chi connectivity index (χ1) is 4.83. The Morgan fingerprint density at radius 1 is 1.50 bits per heavy atom. The third-order valence-electron chi connectivity index (χ3n) is 1.44. The zero-order valence-corrected chi connectivity index (χ0v) is 5.99. The quantitative estimate of drug-likeness (QED) is 0.420. The molecule has 0 aromatic rings. The SMILES string of the molecule is CO/[N+]([O-])=N\N1CCCC1. The third-order valence-corrected chi connectivity index (χ3v) is 1.44. The monoisotopic (exact) mass is 145 g/mol. The molecule has 0 amide bonds. The summed E-state index contributed by atoms with van der Waals surface area (Å²) in [5.74, 6) is 0. The average Bonchev–Trinajstić information content (AvgIpc) is 2.40. The molecule has 0 radical (unpaired) electrons. The molecule has 0 aromatic heterocycles. The first-order valence-electron chi connectivity index (χ1n) is 3.31. The molecule has 5 heteroatoms. The molecule has 1 rings (SSSR count). The largest absolute Gasteiger partial charge is 0.461 e. The van der Waals surface area contributed by atoms with E-state index in [9.17, 15) is 5.21 Å². The summed E-state index contributed by atoms with van der Waals surface area (Å²) in [5, 5.41) is 16.0. The Labute approximate surface area is 59.4 Å². The Balaban J connectivity index is 2.34. The molecule has 0 aromatic carbocycles. The maximum absolute atomic E-state index is 10.5. The van der Waals surface area contributed by atoms with Gasteiger partial charge in [0.2, 0.25) is 0 Å². The summed E-state index contributed by atoms with van der Waals surface area (Å²) >= 11 is 0. The maximum atomic E-state index is 10.5. The number of nitrogens with zero attached hydrogens (tertiary/aromatic N) is 3. The molecule has 1 aliphatic heterocycles. The van der Waals surface area contributed by atoms with E-state index >= 15 is 0 Å². The summed E-state index contributed by atoms with van der Waals surface area (Å²) in [6.45, 7) is 1.73. The lowest BCUT2D eigenvalue weighted by atomic mass is 10.4. The zero-order valence-electron chi connectivity index (χ0n) is 5.99. The van der Waals surface area contributed by atoms with Gasteiger partial charge in [0.25, 0.3) is 0 Å². The van der Waals surface area contributed by atoms with Crippen molar-refractivity contribution in [2.24, 2.45) is 5.22 Å². The van der Waals surface area contributed by atoms with E-state index in [1.807, 2.05) is 0 Å². The van der Waals surface area contributed by atoms with E-state index in [1.54, 1.807) is 5.01 Å². The van der Waals surface area contributed by atoms with Gasteiger partial charge in [-0.05, 0) is 12.8 Å². The van der Waals surface area contributed by atoms with Crippen molar-refractivity contribution in [3.8, 4) is 0 Å². The Hall–Kier alpha value is -1.00. The highest BCUT2D eigenvalue weighted by atomic mass is 16.9. The van der Waals surface area contributed by atoms with Gasteiger partial charge in [-0.15, -0.1) is 0 Å². The predicted octanol–water partition coefficient (Wildman–Crippen LogP) is 0.521. The van der Waals surface area contributed by atoms with Crippen LogP contribution < -0.4 is 0 Å². The molecule has 0 saturated carbocycles. The maximum Gasteiger partial charge on any atom is 0.130 e. The molecule has 1 heterocycles. The molecule has 0 unspecified atom stereocenters. The Morgan fingerprint density at radius 3 is 2.60 bits per heavy atom. The van der Waals surface area contributed by atoms with Crippen LogP contribution in [0.3, 0.4) is 0 Å². The van der Waals surface area contributed by atoms with Crippen LogP contribution in [0.2, 0.25) is 0 Å². The van der Waals surface area contributed by atoms with Crippen LogP contribution in [0.25, 0.3) is 0 Å². The summed E-state index contributed by atoms with van der Waals surface area (Å²) in [6.07, 6.45) is 2.22. The van der Waals surface area contributed by atoms with Crippen molar-refractivity contribution in [3.63, 3.8) is 0 Å². The van der Waals surface area contributed by atoms with Crippen molar-refractivity contribution in [1.82, 2.24) is 5.01 Å². The lowest BCUT2D eigenvalue weighted by molar-refractivity contribution is -0.790. The van der Waals surface area contributed by atoms with Gasteiger partial charge in [0, 0.05) is 7.11 Å². The van der Waals surface area contributed by atoms with E-state index in [1.165, 1.54) is 7.11 Å². The number of hydrogen-bond acceptors (Lipinski definition) is 3. The van der Waals surface area contributed by atoms with Gasteiger partial charge >= 0.3 is 0 Å². The van der Waals surface area contributed by atoms with Crippen molar-refractivity contribution in [2.75, 3.05) is 20.2 Å². The van der Waals surface area contributed by atoms with Crippen LogP contribution >= 0.6 is 0 Å². The van der Waals surface area contributed by atoms with Gasteiger partial charge < -0.3 is 10.0 Å². The molecule has 5 nitrogen and oxygen atoms in total. The first-order valence-corrected chi connectivity index (χ1v) is 3.31. The summed E-state index contributed by atoms with van der Waals surface area (Å²) in [6, 6.07) is 0. The van der Waals surface area contributed by atoms with Gasteiger partial charge in [-0.1, -0.05) is 0 Å². The molecule has 0 spiro atoms. The van der Waals surface area contributed by atoms with Crippen LogP contribution in [0.15, 0.2) is 5.22 Å². The molecule has 0 N–H and O–H groups in total.